The summed E-state index contributed by atoms with van der Waals surface area (Å²) in [7, 11) is 0. The Morgan fingerprint density at radius 1 is 0.800 bits per heavy atom. The zero-order chi connectivity index (χ0) is 13.5. The van der Waals surface area contributed by atoms with Crippen molar-refractivity contribution < 1.29 is 4.79 Å². The molecule has 20 heavy (non-hydrogen) atoms. The van der Waals surface area contributed by atoms with Gasteiger partial charge in [0.25, 0.3) is 5.91 Å². The monoisotopic (exact) mass is 259 g/mol. The fraction of sp³-hybridized carbons (Fsp3) is 0.0556. The van der Waals surface area contributed by atoms with Crippen molar-refractivity contribution in [3.8, 4) is 0 Å². The molecule has 96 valence electrons. The molecule has 1 heterocycles. The summed E-state index contributed by atoms with van der Waals surface area (Å²) in [6.45, 7) is 0. The Hall–Kier alpha value is -2.61. The second-order valence-electron chi connectivity index (χ2n) is 5.10. The van der Waals surface area contributed by atoms with E-state index in [1.165, 1.54) is 10.8 Å². The van der Waals surface area contributed by atoms with Gasteiger partial charge in [0.2, 0.25) is 0 Å². The van der Waals surface area contributed by atoms with Gasteiger partial charge < -0.3 is 5.32 Å². The van der Waals surface area contributed by atoms with Gasteiger partial charge in [-0.15, -0.1) is 0 Å². The average Bonchev–Trinajstić information content (AvgIpc) is 2.85. The average molecular weight is 259 g/mol. The second kappa shape index (κ2) is 4.20. The molecule has 4 rings (SSSR count). The summed E-state index contributed by atoms with van der Waals surface area (Å²) in [6, 6.07) is 22.4. The summed E-state index contributed by atoms with van der Waals surface area (Å²) >= 11 is 0. The van der Waals surface area contributed by atoms with Crippen molar-refractivity contribution in [3.63, 3.8) is 0 Å². The lowest BCUT2D eigenvalue weighted by atomic mass is 9.96. The van der Waals surface area contributed by atoms with Crippen LogP contribution in [0.1, 0.15) is 27.5 Å². The number of hydrogen-bond acceptors (Lipinski definition) is 1. The van der Waals surface area contributed by atoms with Crippen LogP contribution in [0.3, 0.4) is 0 Å². The molecule has 1 aliphatic rings. The van der Waals surface area contributed by atoms with Gasteiger partial charge in [0.05, 0.1) is 6.04 Å². The molecule has 1 unspecified atom stereocenters. The van der Waals surface area contributed by atoms with E-state index in [0.717, 1.165) is 16.7 Å². The molecule has 0 bridgehead atoms. The minimum absolute atomic E-state index is 0.0127. The Morgan fingerprint density at radius 2 is 1.55 bits per heavy atom. The zero-order valence-electron chi connectivity index (χ0n) is 10.8. The molecule has 0 radical (unpaired) electrons. The van der Waals surface area contributed by atoms with Crippen LogP contribution in [0.2, 0.25) is 0 Å². The number of amides is 1. The van der Waals surface area contributed by atoms with Crippen LogP contribution in [0.15, 0.2) is 66.7 Å². The topological polar surface area (TPSA) is 29.1 Å². The van der Waals surface area contributed by atoms with Gasteiger partial charge in [-0.1, -0.05) is 54.6 Å². The number of nitrogens with one attached hydrogen (secondary N) is 1. The minimum atomic E-state index is -0.0386. The summed E-state index contributed by atoms with van der Waals surface area (Å²) in [5.74, 6) is 0.0127. The first-order valence-electron chi connectivity index (χ1n) is 6.71. The van der Waals surface area contributed by atoms with Crippen LogP contribution in [0.5, 0.6) is 0 Å². The van der Waals surface area contributed by atoms with E-state index >= 15 is 0 Å². The van der Waals surface area contributed by atoms with Gasteiger partial charge in [-0.25, -0.2) is 0 Å². The number of carbonyl (C=O) groups is 1. The Balaban J connectivity index is 1.86. The van der Waals surface area contributed by atoms with E-state index < -0.39 is 0 Å². The van der Waals surface area contributed by atoms with Crippen molar-refractivity contribution in [1.82, 2.24) is 5.32 Å². The van der Waals surface area contributed by atoms with Crippen molar-refractivity contribution in [2.24, 2.45) is 0 Å². The van der Waals surface area contributed by atoms with Crippen molar-refractivity contribution in [3.05, 3.63) is 83.4 Å². The highest BCUT2D eigenvalue weighted by Crippen LogP contribution is 2.32. The van der Waals surface area contributed by atoms with Crippen LogP contribution in [-0.4, -0.2) is 5.91 Å². The molecule has 0 aromatic heterocycles. The Bertz CT molecular complexity index is 822. The lowest BCUT2D eigenvalue weighted by Crippen LogP contribution is -2.19. The molecule has 2 nitrogen and oxygen atoms in total. The molecule has 1 N–H and O–H groups in total. The number of carbonyl (C=O) groups excluding carboxylic acids is 1. The maximum Gasteiger partial charge on any atom is 0.252 e. The number of benzene rings is 3. The largest absolute Gasteiger partial charge is 0.341 e. The molecule has 1 aliphatic heterocycles. The molecule has 1 amide bonds. The third-order valence-electron chi connectivity index (χ3n) is 3.90. The fourth-order valence-electron chi connectivity index (χ4n) is 2.89. The van der Waals surface area contributed by atoms with E-state index in [1.54, 1.807) is 0 Å². The highest BCUT2D eigenvalue weighted by Gasteiger charge is 2.28. The van der Waals surface area contributed by atoms with E-state index in [0.29, 0.717) is 0 Å². The molecule has 0 spiro atoms. The van der Waals surface area contributed by atoms with Crippen molar-refractivity contribution in [1.29, 1.82) is 0 Å². The third-order valence-corrected chi connectivity index (χ3v) is 3.90. The molecule has 3 aromatic rings. The maximum absolute atomic E-state index is 12.0. The van der Waals surface area contributed by atoms with Gasteiger partial charge in [-0.3, -0.25) is 4.79 Å². The lowest BCUT2D eigenvalue weighted by Gasteiger charge is -2.13. The first-order valence-corrected chi connectivity index (χ1v) is 6.71. The molecule has 0 saturated heterocycles. The van der Waals surface area contributed by atoms with Crippen LogP contribution < -0.4 is 5.32 Å². The standard InChI is InChI=1S/C18H13NO/c20-18-16-8-4-3-7-15(16)17(19-18)14-10-9-12-5-1-2-6-13(12)11-14/h1-11,17H,(H,19,20). The molecular formula is C18H13NO. The maximum atomic E-state index is 12.0. The number of rotatable bonds is 1. The number of fused-ring (bicyclic) bond motifs is 2. The fourth-order valence-corrected chi connectivity index (χ4v) is 2.89. The van der Waals surface area contributed by atoms with Gasteiger partial charge in [-0.05, 0) is 34.0 Å². The molecule has 0 aliphatic carbocycles. The number of hydrogen-bond donors (Lipinski definition) is 1. The minimum Gasteiger partial charge on any atom is -0.341 e. The highest BCUT2D eigenvalue weighted by molar-refractivity contribution is 5.99. The van der Waals surface area contributed by atoms with E-state index in [1.807, 2.05) is 36.4 Å². The Labute approximate surface area is 117 Å². The zero-order valence-corrected chi connectivity index (χ0v) is 10.8. The van der Waals surface area contributed by atoms with E-state index in [2.05, 4.69) is 35.6 Å². The van der Waals surface area contributed by atoms with Crippen LogP contribution in [-0.2, 0) is 0 Å². The third kappa shape index (κ3) is 1.62. The summed E-state index contributed by atoms with van der Waals surface area (Å²) in [4.78, 5) is 12.0. The normalized spacial score (nSPS) is 17.0. The summed E-state index contributed by atoms with van der Waals surface area (Å²) in [5.41, 5.74) is 2.97. The molecule has 1 atom stereocenters. The molecular weight excluding hydrogens is 246 g/mol. The van der Waals surface area contributed by atoms with E-state index in [-0.39, 0.29) is 11.9 Å². The first-order chi connectivity index (χ1) is 9.83. The predicted octanol–water partition coefficient (Wildman–Crippen LogP) is 3.67. The van der Waals surface area contributed by atoms with Gasteiger partial charge in [0.15, 0.2) is 0 Å². The second-order valence-corrected chi connectivity index (χ2v) is 5.10. The SMILES string of the molecule is O=C1NC(c2ccc3ccccc3c2)c2ccccc21. The van der Waals surface area contributed by atoms with Crippen LogP contribution in [0.4, 0.5) is 0 Å². The van der Waals surface area contributed by atoms with Crippen LogP contribution in [0.25, 0.3) is 10.8 Å². The molecule has 0 fully saturated rings. The Morgan fingerprint density at radius 3 is 2.45 bits per heavy atom. The van der Waals surface area contributed by atoms with Crippen LogP contribution in [0, 0.1) is 0 Å². The Kier molecular flexibility index (Phi) is 2.36. The molecule has 0 saturated carbocycles. The summed E-state index contributed by atoms with van der Waals surface area (Å²) in [6.07, 6.45) is 0. The van der Waals surface area contributed by atoms with E-state index in [9.17, 15) is 4.79 Å². The predicted molar refractivity (Wildman–Crippen MR) is 79.7 cm³/mol. The summed E-state index contributed by atoms with van der Waals surface area (Å²) in [5, 5.41) is 5.48. The van der Waals surface area contributed by atoms with Gasteiger partial charge in [0, 0.05) is 5.56 Å². The van der Waals surface area contributed by atoms with Gasteiger partial charge >= 0.3 is 0 Å². The van der Waals surface area contributed by atoms with Gasteiger partial charge in [-0.2, -0.15) is 0 Å². The van der Waals surface area contributed by atoms with Crippen molar-refractivity contribution >= 4 is 16.7 Å². The molecule has 3 aromatic carbocycles. The smallest absolute Gasteiger partial charge is 0.252 e. The summed E-state index contributed by atoms with van der Waals surface area (Å²) < 4.78 is 0. The van der Waals surface area contributed by atoms with E-state index in [4.69, 9.17) is 0 Å². The van der Waals surface area contributed by atoms with Crippen LogP contribution >= 0.6 is 0 Å². The van der Waals surface area contributed by atoms with Crippen molar-refractivity contribution in [2.45, 2.75) is 6.04 Å². The van der Waals surface area contributed by atoms with Gasteiger partial charge in [0.1, 0.15) is 0 Å². The first kappa shape index (κ1) is 11.2. The van der Waals surface area contributed by atoms with Crippen molar-refractivity contribution in [2.75, 3.05) is 0 Å². The lowest BCUT2D eigenvalue weighted by molar-refractivity contribution is 0.0960. The highest BCUT2D eigenvalue weighted by atomic mass is 16.2. The molecule has 2 heteroatoms. The quantitative estimate of drug-likeness (QED) is 0.709.